The van der Waals surface area contributed by atoms with E-state index in [1.807, 2.05) is 27.2 Å². The molecule has 0 aliphatic heterocycles. The summed E-state index contributed by atoms with van der Waals surface area (Å²) in [6, 6.07) is -0.936. The fraction of sp³-hybridized carbons (Fsp3) is 0.688. The third kappa shape index (κ3) is 53.5. The first-order valence-corrected chi connectivity index (χ1v) is 31.2. The molecule has 0 radical (unpaired) electrons. The highest BCUT2D eigenvalue weighted by molar-refractivity contribution is 7.45. The van der Waals surface area contributed by atoms with E-state index in [1.54, 1.807) is 6.08 Å². The van der Waals surface area contributed by atoms with Gasteiger partial charge in [-0.3, -0.25) is 14.2 Å². The highest BCUT2D eigenvalue weighted by Gasteiger charge is 2.27. The Hall–Kier alpha value is -3.33. The topological polar surface area (TPSA) is 114 Å². The van der Waals surface area contributed by atoms with Gasteiger partial charge >= 0.3 is 5.97 Å². The predicted molar refractivity (Wildman–Crippen MR) is 316 cm³/mol. The van der Waals surface area contributed by atoms with Crippen LogP contribution in [0.15, 0.2) is 109 Å². The summed E-state index contributed by atoms with van der Waals surface area (Å²) in [4.78, 5) is 39.9. The molecule has 424 valence electrons. The second-order valence-corrected chi connectivity index (χ2v) is 22.2. The Bertz CT molecular complexity index is 1640. The van der Waals surface area contributed by atoms with Crippen LogP contribution in [0.4, 0.5) is 0 Å². The number of hydrogen-bond acceptors (Lipinski definition) is 7. The van der Waals surface area contributed by atoms with E-state index in [-0.39, 0.29) is 31.3 Å². The molecule has 0 aromatic rings. The maximum atomic E-state index is 13.5. The monoisotopic (exact) mass is 1050 g/mol. The summed E-state index contributed by atoms with van der Waals surface area (Å²) in [5.41, 5.74) is 0. The number of hydrogen-bond donors (Lipinski definition) is 1. The zero-order valence-corrected chi connectivity index (χ0v) is 49.1. The number of carbonyl (C=O) groups excluding carboxylic acids is 2. The second-order valence-electron chi connectivity index (χ2n) is 20.8. The fourth-order valence-electron chi connectivity index (χ4n) is 7.79. The lowest BCUT2D eigenvalue weighted by Crippen LogP contribution is -2.47. The van der Waals surface area contributed by atoms with Gasteiger partial charge in [-0.2, -0.15) is 0 Å². The summed E-state index contributed by atoms with van der Waals surface area (Å²) in [5, 5.41) is 2.98. The smallest absolute Gasteiger partial charge is 0.306 e. The van der Waals surface area contributed by atoms with E-state index in [4.69, 9.17) is 13.8 Å². The quantitative estimate of drug-likeness (QED) is 0.0212. The molecule has 0 spiro atoms. The van der Waals surface area contributed by atoms with Gasteiger partial charge < -0.3 is 28.5 Å². The van der Waals surface area contributed by atoms with Crippen molar-refractivity contribution in [3.8, 4) is 0 Å². The van der Waals surface area contributed by atoms with Crippen molar-refractivity contribution in [1.82, 2.24) is 5.32 Å². The van der Waals surface area contributed by atoms with Crippen LogP contribution in [0.25, 0.3) is 0 Å². The van der Waals surface area contributed by atoms with Crippen molar-refractivity contribution in [1.29, 1.82) is 0 Å². The molecule has 10 heteroatoms. The minimum Gasteiger partial charge on any atom is -0.756 e. The van der Waals surface area contributed by atoms with Crippen molar-refractivity contribution in [2.75, 3.05) is 40.9 Å². The maximum absolute atomic E-state index is 13.5. The van der Waals surface area contributed by atoms with Crippen molar-refractivity contribution in [2.45, 2.75) is 245 Å². The number of nitrogens with zero attached hydrogens (tertiary/aromatic N) is 1. The van der Waals surface area contributed by atoms with Gasteiger partial charge in [-0.15, -0.1) is 0 Å². The van der Waals surface area contributed by atoms with E-state index >= 15 is 0 Å². The van der Waals surface area contributed by atoms with Gasteiger partial charge in [0, 0.05) is 12.8 Å². The Morgan fingerprint density at radius 3 is 1.28 bits per heavy atom. The number of ether oxygens (including phenoxy) is 1. The van der Waals surface area contributed by atoms with Crippen molar-refractivity contribution in [2.24, 2.45) is 0 Å². The Kier molecular flexibility index (Phi) is 50.7. The number of allylic oxidation sites excluding steroid dienone is 17. The third-order valence-corrected chi connectivity index (χ3v) is 13.4. The van der Waals surface area contributed by atoms with E-state index in [9.17, 15) is 19.0 Å². The van der Waals surface area contributed by atoms with Gasteiger partial charge in [-0.25, -0.2) is 0 Å². The van der Waals surface area contributed by atoms with Gasteiger partial charge in [0.15, 0.2) is 0 Å². The summed E-state index contributed by atoms with van der Waals surface area (Å²) in [5.74, 6) is -0.650. The minimum absolute atomic E-state index is 0.0433. The molecule has 1 amide bonds. The van der Waals surface area contributed by atoms with Crippen LogP contribution in [-0.2, 0) is 27.9 Å². The van der Waals surface area contributed by atoms with Gasteiger partial charge in [0.25, 0.3) is 7.82 Å². The van der Waals surface area contributed by atoms with Crippen LogP contribution in [0.3, 0.4) is 0 Å². The first kappa shape index (κ1) is 70.7. The first-order chi connectivity index (χ1) is 35.9. The summed E-state index contributed by atoms with van der Waals surface area (Å²) >= 11 is 0. The molecular weight excluding hydrogens is 940 g/mol. The van der Waals surface area contributed by atoms with Crippen molar-refractivity contribution in [3.05, 3.63) is 109 Å². The number of carbonyl (C=O) groups is 2. The lowest BCUT2D eigenvalue weighted by Gasteiger charge is -2.30. The number of phosphoric acid groups is 1. The molecular formula is C64H111N2O7P. The van der Waals surface area contributed by atoms with Crippen molar-refractivity contribution >= 4 is 19.7 Å². The standard InChI is InChI=1S/C64H111N2O7P/c1-7-10-13-16-19-22-25-28-30-32-33-35-37-39-42-45-48-51-54-57-64(68)73-62(55-52-49-46-43-40-27-24-21-18-15-12-9-3)61(60-72-74(69,70)71-59-58-66(4,5)6)65-63(67)56-53-50-47-44-41-38-36-34-31-29-26-23-20-17-14-11-8-2/h19-20,22-23,28-31,33,35-36,38-39,42,44,47,52,55,61-62H,7-18,21,24-27,32,34,37,40-41,43,45-46,48-51,53-54,56-60H2,1-6H3,(H-,65,67,69,70)/b22-19-,23-20-,30-28-,31-29-,35-33-,38-36-,42-39-,47-44-,55-52+. The number of quaternary nitrogens is 1. The molecule has 0 fully saturated rings. The molecule has 3 unspecified atom stereocenters. The Morgan fingerprint density at radius 1 is 0.473 bits per heavy atom. The van der Waals surface area contributed by atoms with Gasteiger partial charge in [0.1, 0.15) is 19.3 Å². The summed E-state index contributed by atoms with van der Waals surface area (Å²) < 4.78 is 30.2. The van der Waals surface area contributed by atoms with Gasteiger partial charge in [0.05, 0.1) is 33.8 Å². The predicted octanol–water partition coefficient (Wildman–Crippen LogP) is 17.5. The normalized spacial score (nSPS) is 14.5. The summed E-state index contributed by atoms with van der Waals surface area (Å²) in [6.07, 6.45) is 72.0. The van der Waals surface area contributed by atoms with E-state index in [0.717, 1.165) is 83.5 Å². The lowest BCUT2D eigenvalue weighted by atomic mass is 10.1. The molecule has 0 saturated heterocycles. The average molecular weight is 1050 g/mol. The molecule has 0 heterocycles. The van der Waals surface area contributed by atoms with E-state index in [1.165, 1.54) is 103 Å². The Labute approximate surface area is 455 Å². The highest BCUT2D eigenvalue weighted by atomic mass is 31.2. The largest absolute Gasteiger partial charge is 0.756 e. The fourth-order valence-corrected chi connectivity index (χ4v) is 8.51. The van der Waals surface area contributed by atoms with Crippen LogP contribution in [0.2, 0.25) is 0 Å². The zero-order valence-electron chi connectivity index (χ0n) is 48.3. The molecule has 0 saturated carbocycles. The molecule has 1 N–H and O–H groups in total. The number of rotatable bonds is 52. The van der Waals surface area contributed by atoms with Crippen LogP contribution < -0.4 is 10.2 Å². The van der Waals surface area contributed by atoms with Crippen molar-refractivity contribution < 1.29 is 37.3 Å². The minimum atomic E-state index is -4.72. The summed E-state index contributed by atoms with van der Waals surface area (Å²) in [7, 11) is 1.12. The maximum Gasteiger partial charge on any atom is 0.306 e. The number of likely N-dealkylation sites (N-methyl/N-ethyl adjacent to an activating group) is 1. The van der Waals surface area contributed by atoms with Crippen LogP contribution in [0, 0.1) is 0 Å². The Morgan fingerprint density at radius 2 is 0.838 bits per heavy atom. The summed E-state index contributed by atoms with van der Waals surface area (Å²) in [6.45, 7) is 6.70. The average Bonchev–Trinajstić information content (AvgIpc) is 3.36. The second kappa shape index (κ2) is 53.1. The number of phosphoric ester groups is 1. The number of unbranched alkanes of at least 4 members (excludes halogenated alkanes) is 20. The van der Waals surface area contributed by atoms with Crippen LogP contribution in [-0.4, -0.2) is 69.4 Å². The molecule has 0 rings (SSSR count). The SMILES string of the molecule is CCCCC/C=C\C/C=C\C/C=C\C/C=C\CCCCCC(=O)OC(/C=C/CCCCCCCCCCCC)C(COP(=O)([O-])OCC[N+](C)(C)C)NC(=O)CCC/C=C\C/C=C\C/C=C\C/C=C\CCCCC. The number of nitrogens with one attached hydrogen (secondary N) is 1. The number of esters is 1. The molecule has 0 aliphatic rings. The molecule has 0 bridgehead atoms. The van der Waals surface area contributed by atoms with Gasteiger partial charge in [-0.05, 0) is 115 Å². The molecule has 74 heavy (non-hydrogen) atoms. The lowest BCUT2D eigenvalue weighted by molar-refractivity contribution is -0.870. The first-order valence-electron chi connectivity index (χ1n) is 29.7. The van der Waals surface area contributed by atoms with E-state index < -0.39 is 26.6 Å². The molecule has 3 atom stereocenters. The van der Waals surface area contributed by atoms with E-state index in [0.29, 0.717) is 23.9 Å². The van der Waals surface area contributed by atoms with Crippen LogP contribution in [0.1, 0.15) is 233 Å². The van der Waals surface area contributed by atoms with E-state index in [2.05, 4.69) is 123 Å². The molecule has 0 aromatic carbocycles. The molecule has 0 aromatic heterocycles. The molecule has 9 nitrogen and oxygen atoms in total. The number of amides is 1. The Balaban J connectivity index is 5.48. The van der Waals surface area contributed by atoms with Crippen LogP contribution >= 0.6 is 7.82 Å². The highest BCUT2D eigenvalue weighted by Crippen LogP contribution is 2.38. The van der Waals surface area contributed by atoms with Crippen LogP contribution in [0.5, 0.6) is 0 Å². The van der Waals surface area contributed by atoms with Gasteiger partial charge in [0.2, 0.25) is 5.91 Å². The molecule has 0 aliphatic carbocycles. The van der Waals surface area contributed by atoms with Crippen molar-refractivity contribution in [3.63, 3.8) is 0 Å². The van der Waals surface area contributed by atoms with Gasteiger partial charge in [-0.1, -0.05) is 214 Å². The third-order valence-electron chi connectivity index (χ3n) is 12.4. The zero-order chi connectivity index (χ0) is 54.3.